The Morgan fingerprint density at radius 3 is 2.22 bits per heavy atom. The van der Waals surface area contributed by atoms with Crippen molar-refractivity contribution >= 4 is 23.1 Å². The summed E-state index contributed by atoms with van der Waals surface area (Å²) in [5.74, 6) is 3.06. The van der Waals surface area contributed by atoms with Crippen LogP contribution in [-0.2, 0) is 13.0 Å². The van der Waals surface area contributed by atoms with Crippen LogP contribution in [0.4, 0.5) is 27.6 Å². The van der Waals surface area contributed by atoms with Crippen molar-refractivity contribution in [3.63, 3.8) is 0 Å². The summed E-state index contributed by atoms with van der Waals surface area (Å²) in [6.07, 6.45) is -1.66. The number of nitrogens with zero attached hydrogens (tertiary/aromatic N) is 3. The second kappa shape index (κ2) is 11.5. The highest BCUT2D eigenvalue weighted by molar-refractivity contribution is 7.98. The topological polar surface area (TPSA) is 82.3 Å². The molecular formula is C29H28F5N5OS. The molecular weight excluding hydrogens is 561 g/mol. The van der Waals surface area contributed by atoms with Gasteiger partial charge in [-0.05, 0) is 66.8 Å². The Hall–Kier alpha value is -4.03. The molecule has 0 unspecified atom stereocenters. The first-order valence-electron chi connectivity index (χ1n) is 12.3. The molecule has 41 heavy (non-hydrogen) atoms. The van der Waals surface area contributed by atoms with Gasteiger partial charge in [0, 0.05) is 41.8 Å². The highest BCUT2D eigenvalue weighted by Crippen LogP contribution is 2.41. The van der Waals surface area contributed by atoms with Gasteiger partial charge in [-0.2, -0.15) is 13.9 Å². The molecule has 0 atom stereocenters. The average Bonchev–Trinajstić information content (AvgIpc) is 3.22. The van der Waals surface area contributed by atoms with Gasteiger partial charge in [0.05, 0.1) is 17.1 Å². The number of alkyl halides is 5. The summed E-state index contributed by atoms with van der Waals surface area (Å²) in [6.45, 7) is 2.35. The monoisotopic (exact) mass is 589 g/mol. The molecule has 0 fully saturated rings. The van der Waals surface area contributed by atoms with Gasteiger partial charge in [-0.15, -0.1) is 24.9 Å². The van der Waals surface area contributed by atoms with E-state index in [-0.39, 0.29) is 17.0 Å². The van der Waals surface area contributed by atoms with Crippen LogP contribution < -0.4 is 21.3 Å². The molecule has 0 radical (unpaired) electrons. The van der Waals surface area contributed by atoms with Crippen molar-refractivity contribution in [3.8, 4) is 28.1 Å². The van der Waals surface area contributed by atoms with E-state index >= 15 is 0 Å². The summed E-state index contributed by atoms with van der Waals surface area (Å²) >= 11 is 1.58. The first-order chi connectivity index (χ1) is 19.2. The summed E-state index contributed by atoms with van der Waals surface area (Å²) in [7, 11) is 1.57. The van der Waals surface area contributed by atoms with Gasteiger partial charge >= 0.3 is 6.36 Å². The highest BCUT2D eigenvalue weighted by Gasteiger charge is 2.33. The number of halogens is 5. The number of aromatic nitrogens is 2. The van der Waals surface area contributed by atoms with Gasteiger partial charge in [-0.25, -0.2) is 5.84 Å². The normalized spacial score (nSPS) is 12.5. The molecule has 1 heterocycles. The predicted molar refractivity (Wildman–Crippen MR) is 152 cm³/mol. The van der Waals surface area contributed by atoms with Crippen molar-refractivity contribution in [2.45, 2.75) is 31.0 Å². The molecule has 0 aliphatic heterocycles. The van der Waals surface area contributed by atoms with E-state index in [2.05, 4.69) is 9.84 Å². The van der Waals surface area contributed by atoms with E-state index in [4.69, 9.17) is 11.6 Å². The lowest BCUT2D eigenvalue weighted by atomic mass is 9.97. The van der Waals surface area contributed by atoms with Gasteiger partial charge in [0.2, 0.25) is 0 Å². The number of rotatable bonds is 8. The zero-order valence-electron chi connectivity index (χ0n) is 22.6. The molecule has 0 bridgehead atoms. The number of hydrogen-bond acceptors (Lipinski definition) is 6. The third kappa shape index (κ3) is 6.49. The number of nitrogens with two attached hydrogens (primary N) is 2. The minimum atomic E-state index is -4.84. The molecule has 1 aromatic heterocycles. The molecule has 12 heteroatoms. The lowest BCUT2D eigenvalue weighted by Crippen LogP contribution is -2.30. The van der Waals surface area contributed by atoms with Crippen molar-refractivity contribution in [1.29, 1.82) is 0 Å². The van der Waals surface area contributed by atoms with E-state index in [1.807, 2.05) is 36.6 Å². The van der Waals surface area contributed by atoms with Gasteiger partial charge in [-0.1, -0.05) is 24.3 Å². The molecule has 0 amide bonds. The first kappa shape index (κ1) is 29.9. The fourth-order valence-corrected chi connectivity index (χ4v) is 5.07. The van der Waals surface area contributed by atoms with Crippen LogP contribution in [0.15, 0.2) is 77.8 Å². The Labute approximate surface area is 238 Å². The molecule has 3 aromatic carbocycles. The summed E-state index contributed by atoms with van der Waals surface area (Å²) in [4.78, 5) is 1.04. The lowest BCUT2D eigenvalue weighted by molar-refractivity contribution is -0.274. The molecule has 0 spiro atoms. The third-order valence-electron chi connectivity index (χ3n) is 6.42. The van der Waals surface area contributed by atoms with E-state index in [0.29, 0.717) is 22.5 Å². The fraction of sp³-hybridized carbons (Fsp3) is 0.207. The van der Waals surface area contributed by atoms with Crippen LogP contribution in [0, 0.1) is 6.92 Å². The summed E-state index contributed by atoms with van der Waals surface area (Å²) < 4.78 is 72.0. The lowest BCUT2D eigenvalue weighted by Gasteiger charge is -2.26. The second-order valence-corrected chi connectivity index (χ2v) is 10.2. The van der Waals surface area contributed by atoms with E-state index in [1.165, 1.54) is 28.0 Å². The number of aryl methyl sites for hydroxylation is 1. The van der Waals surface area contributed by atoms with Gasteiger partial charge in [0.25, 0.3) is 5.92 Å². The molecule has 0 aliphatic carbocycles. The van der Waals surface area contributed by atoms with E-state index in [9.17, 15) is 22.0 Å². The van der Waals surface area contributed by atoms with Crippen molar-refractivity contribution in [3.05, 3.63) is 89.8 Å². The highest BCUT2D eigenvalue weighted by atomic mass is 32.2. The maximum absolute atomic E-state index is 14.4. The smallest absolute Gasteiger partial charge is 0.406 e. The SMILES string of the molecule is CSc1cccc(-c2ccc(-c3c(C)c(C(C)(F)F)nn3C)c(N(N)/C(=C\N)c3ccc(OC(F)(F)F)cc3)c2)c1. The zero-order valence-corrected chi connectivity index (χ0v) is 23.4. The molecule has 6 nitrogen and oxygen atoms in total. The molecule has 4 N–H and O–H groups in total. The second-order valence-electron chi connectivity index (χ2n) is 9.29. The predicted octanol–water partition coefficient (Wildman–Crippen LogP) is 7.43. The van der Waals surface area contributed by atoms with Crippen molar-refractivity contribution < 1.29 is 26.7 Å². The third-order valence-corrected chi connectivity index (χ3v) is 7.14. The van der Waals surface area contributed by atoms with Crippen LogP contribution >= 0.6 is 11.8 Å². The largest absolute Gasteiger partial charge is 0.573 e. The van der Waals surface area contributed by atoms with Gasteiger partial charge < -0.3 is 10.5 Å². The molecule has 0 saturated heterocycles. The van der Waals surface area contributed by atoms with E-state index in [1.54, 1.807) is 37.9 Å². The van der Waals surface area contributed by atoms with E-state index in [0.717, 1.165) is 35.1 Å². The van der Waals surface area contributed by atoms with Crippen LogP contribution in [0.5, 0.6) is 5.75 Å². The Morgan fingerprint density at radius 1 is 1.00 bits per heavy atom. The van der Waals surface area contributed by atoms with Crippen LogP contribution in [0.2, 0.25) is 0 Å². The summed E-state index contributed by atoms with van der Waals surface area (Å²) in [5, 5.41) is 5.35. The number of ether oxygens (including phenoxy) is 1. The van der Waals surface area contributed by atoms with Gasteiger partial charge in [0.15, 0.2) is 0 Å². The molecule has 0 aliphatic rings. The fourth-order valence-electron chi connectivity index (χ4n) is 4.61. The minimum absolute atomic E-state index is 0.251. The average molecular weight is 590 g/mol. The number of anilines is 1. The Morgan fingerprint density at radius 2 is 1.66 bits per heavy atom. The number of benzene rings is 3. The number of hydrogen-bond donors (Lipinski definition) is 2. The molecule has 216 valence electrons. The zero-order chi connectivity index (χ0) is 30.1. The first-order valence-corrected chi connectivity index (χ1v) is 13.5. The Bertz CT molecular complexity index is 1580. The van der Waals surface area contributed by atoms with Crippen molar-refractivity contribution in [2.75, 3.05) is 11.3 Å². The summed E-state index contributed by atoms with van der Waals surface area (Å²) in [5.41, 5.74) is 9.53. The standard InChI is InChI=1S/C29H28F5N5OS/c1-17-26(38(3)37-27(17)28(2,30)31)23-13-10-20(19-6-5-7-22(14-19)41-4)15-24(23)39(36)25(16-35)18-8-11-21(12-9-18)40-29(32,33)34/h5-16H,35-36H2,1-4H3/b25-16-. The van der Waals surface area contributed by atoms with Crippen LogP contribution in [0.1, 0.15) is 23.7 Å². The maximum Gasteiger partial charge on any atom is 0.573 e. The van der Waals surface area contributed by atoms with Crippen LogP contribution in [0.25, 0.3) is 28.1 Å². The molecule has 4 aromatic rings. The minimum Gasteiger partial charge on any atom is -0.406 e. The Balaban J connectivity index is 1.87. The van der Waals surface area contributed by atoms with Gasteiger partial charge in [-0.3, -0.25) is 9.69 Å². The molecule has 0 saturated carbocycles. The number of hydrazine groups is 1. The van der Waals surface area contributed by atoms with Crippen molar-refractivity contribution in [2.24, 2.45) is 18.6 Å². The number of thioether (sulfide) groups is 1. The quantitative estimate of drug-likeness (QED) is 0.0963. The maximum atomic E-state index is 14.4. The van der Waals surface area contributed by atoms with Crippen molar-refractivity contribution in [1.82, 2.24) is 9.78 Å². The van der Waals surface area contributed by atoms with Gasteiger partial charge in [0.1, 0.15) is 11.4 Å². The Kier molecular flexibility index (Phi) is 8.36. The van der Waals surface area contributed by atoms with E-state index < -0.39 is 18.0 Å². The van der Waals surface area contributed by atoms with Crippen LogP contribution in [-0.4, -0.2) is 22.4 Å². The van der Waals surface area contributed by atoms with Crippen LogP contribution in [0.3, 0.4) is 0 Å². The molecule has 4 rings (SSSR count). The summed E-state index contributed by atoms with van der Waals surface area (Å²) in [6, 6.07) is 18.3.